The SMILES string of the molecule is Cc1cc(Cl)c(NC(=O)c2cc(F)ccc2O)cc1Cl. The van der Waals surface area contributed by atoms with Gasteiger partial charge in [-0.05, 0) is 42.8 Å². The van der Waals surface area contributed by atoms with Gasteiger partial charge in [0.1, 0.15) is 11.6 Å². The summed E-state index contributed by atoms with van der Waals surface area (Å²) in [6.07, 6.45) is 0. The van der Waals surface area contributed by atoms with Gasteiger partial charge in [0.2, 0.25) is 0 Å². The van der Waals surface area contributed by atoms with E-state index in [2.05, 4.69) is 5.32 Å². The molecule has 0 aliphatic rings. The second-order valence-corrected chi connectivity index (χ2v) is 5.01. The van der Waals surface area contributed by atoms with Gasteiger partial charge >= 0.3 is 0 Å². The van der Waals surface area contributed by atoms with Crippen molar-refractivity contribution in [3.63, 3.8) is 0 Å². The van der Waals surface area contributed by atoms with Crippen LogP contribution in [0.15, 0.2) is 30.3 Å². The van der Waals surface area contributed by atoms with Gasteiger partial charge in [-0.3, -0.25) is 4.79 Å². The van der Waals surface area contributed by atoms with Crippen LogP contribution in [0.4, 0.5) is 10.1 Å². The highest BCUT2D eigenvalue weighted by Crippen LogP contribution is 2.29. The summed E-state index contributed by atoms with van der Waals surface area (Å²) in [7, 11) is 0. The lowest BCUT2D eigenvalue weighted by atomic mass is 10.1. The van der Waals surface area contributed by atoms with Crippen LogP contribution in [-0.2, 0) is 0 Å². The van der Waals surface area contributed by atoms with E-state index in [0.29, 0.717) is 10.0 Å². The summed E-state index contributed by atoms with van der Waals surface area (Å²) in [5, 5.41) is 12.8. The number of anilines is 1. The number of aromatic hydroxyl groups is 1. The van der Waals surface area contributed by atoms with Crippen LogP contribution in [0.25, 0.3) is 0 Å². The van der Waals surface area contributed by atoms with E-state index in [4.69, 9.17) is 23.2 Å². The molecule has 6 heteroatoms. The van der Waals surface area contributed by atoms with Crippen LogP contribution < -0.4 is 5.32 Å². The quantitative estimate of drug-likeness (QED) is 0.863. The Labute approximate surface area is 124 Å². The molecule has 1 amide bonds. The number of carbonyl (C=O) groups excluding carboxylic acids is 1. The number of hydrogen-bond acceptors (Lipinski definition) is 2. The summed E-state index contributed by atoms with van der Waals surface area (Å²) in [5.41, 5.74) is 0.872. The minimum atomic E-state index is -0.677. The lowest BCUT2D eigenvalue weighted by Gasteiger charge is -2.10. The molecular weight excluding hydrogens is 304 g/mol. The number of nitrogens with one attached hydrogen (secondary N) is 1. The summed E-state index contributed by atoms with van der Waals surface area (Å²) < 4.78 is 13.1. The average Bonchev–Trinajstić information content (AvgIpc) is 2.38. The van der Waals surface area contributed by atoms with Gasteiger partial charge in [-0.2, -0.15) is 0 Å². The van der Waals surface area contributed by atoms with Crippen LogP contribution in [0, 0.1) is 12.7 Å². The van der Waals surface area contributed by atoms with Gasteiger partial charge in [0.25, 0.3) is 5.91 Å². The average molecular weight is 314 g/mol. The third-order valence-corrected chi connectivity index (χ3v) is 3.42. The van der Waals surface area contributed by atoms with Crippen molar-refractivity contribution in [3.05, 3.63) is 57.3 Å². The summed E-state index contributed by atoms with van der Waals surface area (Å²) in [5.74, 6) is -1.62. The normalized spacial score (nSPS) is 10.4. The van der Waals surface area contributed by atoms with Crippen molar-refractivity contribution >= 4 is 34.8 Å². The number of rotatable bonds is 2. The minimum Gasteiger partial charge on any atom is -0.507 e. The Kier molecular flexibility index (Phi) is 4.16. The summed E-state index contributed by atoms with van der Waals surface area (Å²) in [4.78, 5) is 12.0. The summed E-state index contributed by atoms with van der Waals surface area (Å²) in [6, 6.07) is 6.20. The topological polar surface area (TPSA) is 49.3 Å². The molecule has 0 bridgehead atoms. The molecule has 0 saturated heterocycles. The first-order valence-corrected chi connectivity index (χ1v) is 6.39. The number of carbonyl (C=O) groups is 1. The van der Waals surface area contributed by atoms with Gasteiger partial charge in [0, 0.05) is 5.02 Å². The van der Waals surface area contributed by atoms with Crippen LogP contribution in [-0.4, -0.2) is 11.0 Å². The molecule has 20 heavy (non-hydrogen) atoms. The molecule has 0 atom stereocenters. The Morgan fingerprint density at radius 3 is 2.60 bits per heavy atom. The molecule has 2 aromatic rings. The standard InChI is InChI=1S/C14H10Cl2FNO2/c1-7-4-11(16)12(6-10(7)15)18-14(20)9-5-8(17)2-3-13(9)19/h2-6,19H,1H3,(H,18,20). The third kappa shape index (κ3) is 3.03. The van der Waals surface area contributed by atoms with Crippen molar-refractivity contribution in [2.75, 3.05) is 5.32 Å². The highest BCUT2D eigenvalue weighted by atomic mass is 35.5. The fourth-order valence-corrected chi connectivity index (χ4v) is 2.05. The summed E-state index contributed by atoms with van der Waals surface area (Å²) in [6.45, 7) is 1.78. The van der Waals surface area contributed by atoms with Crippen LogP contribution in [0.1, 0.15) is 15.9 Å². The molecule has 0 fully saturated rings. The molecule has 0 heterocycles. The Morgan fingerprint density at radius 2 is 1.90 bits per heavy atom. The largest absolute Gasteiger partial charge is 0.507 e. The molecule has 0 saturated carbocycles. The van der Waals surface area contributed by atoms with Gasteiger partial charge in [-0.25, -0.2) is 4.39 Å². The van der Waals surface area contributed by atoms with E-state index in [1.807, 2.05) is 0 Å². The molecular formula is C14H10Cl2FNO2. The molecule has 0 aliphatic heterocycles. The Balaban J connectivity index is 2.32. The van der Waals surface area contributed by atoms with Crippen molar-refractivity contribution in [2.24, 2.45) is 0 Å². The van der Waals surface area contributed by atoms with Gasteiger partial charge in [-0.1, -0.05) is 23.2 Å². The number of phenols is 1. The molecule has 0 aliphatic carbocycles. The first-order chi connectivity index (χ1) is 9.38. The lowest BCUT2D eigenvalue weighted by Crippen LogP contribution is -2.13. The van der Waals surface area contributed by atoms with Gasteiger partial charge in [0.15, 0.2) is 0 Å². The van der Waals surface area contributed by atoms with Crippen molar-refractivity contribution < 1.29 is 14.3 Å². The zero-order chi connectivity index (χ0) is 14.9. The van der Waals surface area contributed by atoms with Crippen LogP contribution in [0.3, 0.4) is 0 Å². The van der Waals surface area contributed by atoms with E-state index in [1.165, 1.54) is 6.07 Å². The number of halogens is 3. The fourth-order valence-electron chi connectivity index (χ4n) is 1.62. The Morgan fingerprint density at radius 1 is 1.20 bits per heavy atom. The highest BCUT2D eigenvalue weighted by Gasteiger charge is 2.14. The molecule has 104 valence electrons. The number of hydrogen-bond donors (Lipinski definition) is 2. The van der Waals surface area contributed by atoms with Gasteiger partial charge in [0.05, 0.1) is 16.3 Å². The number of phenolic OH excluding ortho intramolecular Hbond substituents is 1. The molecule has 0 unspecified atom stereocenters. The number of aryl methyl sites for hydroxylation is 1. The maximum Gasteiger partial charge on any atom is 0.259 e. The maximum absolute atomic E-state index is 13.1. The van der Waals surface area contributed by atoms with E-state index >= 15 is 0 Å². The second kappa shape index (κ2) is 5.69. The van der Waals surface area contributed by atoms with E-state index in [0.717, 1.165) is 23.8 Å². The smallest absolute Gasteiger partial charge is 0.259 e. The van der Waals surface area contributed by atoms with Crippen molar-refractivity contribution in [1.29, 1.82) is 0 Å². The van der Waals surface area contributed by atoms with Crippen LogP contribution in [0.5, 0.6) is 5.75 Å². The second-order valence-electron chi connectivity index (χ2n) is 4.20. The van der Waals surface area contributed by atoms with Crippen molar-refractivity contribution in [3.8, 4) is 5.75 Å². The predicted octanol–water partition coefficient (Wildman–Crippen LogP) is 4.40. The number of benzene rings is 2. The maximum atomic E-state index is 13.1. The summed E-state index contributed by atoms with van der Waals surface area (Å²) >= 11 is 11.9. The monoisotopic (exact) mass is 313 g/mol. The molecule has 0 radical (unpaired) electrons. The fraction of sp³-hybridized carbons (Fsp3) is 0.0714. The Bertz CT molecular complexity index is 689. The zero-order valence-electron chi connectivity index (χ0n) is 10.4. The van der Waals surface area contributed by atoms with Crippen LogP contribution in [0.2, 0.25) is 10.0 Å². The van der Waals surface area contributed by atoms with E-state index < -0.39 is 11.7 Å². The van der Waals surface area contributed by atoms with E-state index in [-0.39, 0.29) is 17.0 Å². The van der Waals surface area contributed by atoms with Crippen LogP contribution >= 0.6 is 23.2 Å². The predicted molar refractivity (Wildman–Crippen MR) is 77.2 cm³/mol. The molecule has 3 nitrogen and oxygen atoms in total. The Hall–Kier alpha value is -1.78. The van der Waals surface area contributed by atoms with Gasteiger partial charge in [-0.15, -0.1) is 0 Å². The molecule has 2 aromatic carbocycles. The first kappa shape index (κ1) is 14.6. The molecule has 2 N–H and O–H groups in total. The van der Waals surface area contributed by atoms with Crippen molar-refractivity contribution in [1.82, 2.24) is 0 Å². The highest BCUT2D eigenvalue weighted by molar-refractivity contribution is 6.36. The van der Waals surface area contributed by atoms with Crippen molar-refractivity contribution in [2.45, 2.75) is 6.92 Å². The zero-order valence-corrected chi connectivity index (χ0v) is 11.9. The lowest BCUT2D eigenvalue weighted by molar-refractivity contribution is 0.102. The van der Waals surface area contributed by atoms with E-state index in [9.17, 15) is 14.3 Å². The van der Waals surface area contributed by atoms with E-state index in [1.54, 1.807) is 13.0 Å². The first-order valence-electron chi connectivity index (χ1n) is 5.64. The molecule has 0 aromatic heterocycles. The molecule has 0 spiro atoms. The number of amides is 1. The molecule has 2 rings (SSSR count). The minimum absolute atomic E-state index is 0.183. The van der Waals surface area contributed by atoms with Gasteiger partial charge < -0.3 is 10.4 Å². The third-order valence-electron chi connectivity index (χ3n) is 2.70.